The average Bonchev–Trinajstić information content (AvgIpc) is 3.52. The topological polar surface area (TPSA) is 275 Å². The van der Waals surface area contributed by atoms with E-state index in [1.807, 2.05) is 48.5 Å². The number of oxime groups is 1. The largest absolute Gasteiger partial charge is 0.461 e. The Hall–Kier alpha value is -3.27. The minimum atomic E-state index is -3.88. The van der Waals surface area contributed by atoms with Crippen LogP contribution in [-0.2, 0) is 76.6 Å². The summed E-state index contributed by atoms with van der Waals surface area (Å²) in [7, 11) is 0.379. The fourth-order valence-electron chi connectivity index (χ4n) is 12.4. The molecule has 478 valence electrons. The van der Waals surface area contributed by atoms with Crippen molar-refractivity contribution < 1.29 is 90.3 Å². The highest BCUT2D eigenvalue weighted by Gasteiger charge is 2.51. The number of Topliss-reactive ketones (excluding diaryl/α,β-unsaturated/α-hetero) is 1. The number of methoxy groups -OCH3 is 2. The number of carbonyl (C=O) groups is 3. The molecule has 22 atom stereocenters. The van der Waals surface area contributed by atoms with E-state index in [1.165, 1.54) is 28.3 Å². The number of ether oxygens (including phenoxy) is 10. The first-order chi connectivity index (χ1) is 38.3. The maximum atomic E-state index is 15.5. The van der Waals surface area contributed by atoms with Crippen molar-refractivity contribution in [1.82, 2.24) is 9.62 Å². The van der Waals surface area contributed by atoms with Gasteiger partial charge in [-0.3, -0.25) is 19.3 Å². The predicted molar refractivity (Wildman–Crippen MR) is 309 cm³/mol. The van der Waals surface area contributed by atoms with E-state index in [9.17, 15) is 28.5 Å². The highest BCUT2D eigenvalue weighted by Crippen LogP contribution is 2.40. The molecule has 0 saturated carbocycles. The van der Waals surface area contributed by atoms with Crippen LogP contribution in [0.15, 0.2) is 40.4 Å². The van der Waals surface area contributed by atoms with Gasteiger partial charge in [-0.05, 0) is 85.8 Å². The minimum Gasteiger partial charge on any atom is -0.461 e. The quantitative estimate of drug-likeness (QED) is 0.0908. The van der Waals surface area contributed by atoms with Gasteiger partial charge in [0.25, 0.3) is 0 Å². The van der Waals surface area contributed by atoms with E-state index in [1.54, 1.807) is 78.8 Å². The Morgan fingerprint density at radius 2 is 1.48 bits per heavy atom. The number of cyclic esters (lactones) is 1. The number of esters is 2. The summed E-state index contributed by atoms with van der Waals surface area (Å²) in [5, 5.41) is 39.3. The molecule has 0 spiro atoms. The van der Waals surface area contributed by atoms with E-state index in [2.05, 4.69) is 14.8 Å². The van der Waals surface area contributed by atoms with E-state index in [-0.39, 0.29) is 62.3 Å². The number of ketones is 1. The average molecular weight is 1200 g/mol. The molecule has 4 heterocycles. The van der Waals surface area contributed by atoms with Crippen molar-refractivity contribution in [2.45, 2.75) is 245 Å². The standard InChI is InChI=1S/C59H99N3O19S.CH4/c1-31(2)24-44(63)78-50-38(9)49(33(4)29-74-57-53(72-17)52(71-16)46(64)41(12)77-57)80-55(67)40(11)51(79-45-25-34(5)62(28-36(7)75-45)30-58(13,14)61-82(69,70)42-22-20-19-21-23-42)37(8)48(32(3)27-59(15,68)54(66)39(50)10)81-56-47(65)43(60-73-18)26-35(6)76-56;/h19-23,31-41,45-53,56-57,61,64-65,68H,24-30H2,1-18H3;1H4/b60-43+;/t32-,33-,34?,35+,36-,37+,38-,39+,40+,41+,45-,46+,47+,48-,49+,50+,51-,52+,53+,56-,57+,59-;/m0./s1. The molecule has 4 aliphatic heterocycles. The molecule has 5 rings (SSSR count). The summed E-state index contributed by atoms with van der Waals surface area (Å²) in [6, 6.07) is 7.91. The van der Waals surface area contributed by atoms with Crippen molar-refractivity contribution >= 4 is 33.5 Å². The summed E-state index contributed by atoms with van der Waals surface area (Å²) in [5.74, 6) is -7.49. The molecule has 0 amide bonds. The van der Waals surface area contributed by atoms with Gasteiger partial charge in [-0.2, -0.15) is 0 Å². The zero-order valence-electron chi connectivity index (χ0n) is 51.7. The Bertz CT molecular complexity index is 2350. The molecule has 1 unspecified atom stereocenters. The molecule has 0 radical (unpaired) electrons. The van der Waals surface area contributed by atoms with Crippen LogP contribution in [0.5, 0.6) is 0 Å². The summed E-state index contributed by atoms with van der Waals surface area (Å²) in [6.45, 7) is 27.1. The van der Waals surface area contributed by atoms with Gasteiger partial charge in [0.05, 0.1) is 59.6 Å². The van der Waals surface area contributed by atoms with E-state index in [0.29, 0.717) is 13.1 Å². The third-order valence-corrected chi connectivity index (χ3v) is 18.2. The van der Waals surface area contributed by atoms with Crippen molar-refractivity contribution in [3.05, 3.63) is 30.3 Å². The first kappa shape index (κ1) is 72.2. The maximum Gasteiger partial charge on any atom is 0.311 e. The van der Waals surface area contributed by atoms with E-state index >= 15 is 9.59 Å². The Morgan fingerprint density at radius 1 is 0.843 bits per heavy atom. The van der Waals surface area contributed by atoms with Crippen LogP contribution in [0.1, 0.15) is 137 Å². The first-order valence-corrected chi connectivity index (χ1v) is 30.6. The third-order valence-electron chi connectivity index (χ3n) is 16.5. The Morgan fingerprint density at radius 3 is 2.08 bits per heavy atom. The van der Waals surface area contributed by atoms with Crippen molar-refractivity contribution in [2.24, 2.45) is 46.6 Å². The lowest BCUT2D eigenvalue weighted by Gasteiger charge is -2.44. The lowest BCUT2D eigenvalue weighted by molar-refractivity contribution is -0.305. The van der Waals surface area contributed by atoms with Crippen molar-refractivity contribution in [1.29, 1.82) is 0 Å². The number of hydrogen-bond donors (Lipinski definition) is 4. The van der Waals surface area contributed by atoms with Gasteiger partial charge in [0.15, 0.2) is 24.7 Å². The highest BCUT2D eigenvalue weighted by molar-refractivity contribution is 7.89. The number of sulfonamides is 1. The molecule has 1 aromatic carbocycles. The molecule has 0 aliphatic carbocycles. The zero-order chi connectivity index (χ0) is 61.3. The van der Waals surface area contributed by atoms with Gasteiger partial charge in [0, 0.05) is 75.9 Å². The van der Waals surface area contributed by atoms with Gasteiger partial charge >= 0.3 is 11.9 Å². The fraction of sp³-hybridized carbons (Fsp3) is 0.833. The zero-order valence-corrected chi connectivity index (χ0v) is 52.5. The number of nitrogens with zero attached hydrogens (tertiary/aromatic N) is 2. The molecule has 0 aromatic heterocycles. The second-order valence-electron chi connectivity index (χ2n) is 25.1. The first-order valence-electron chi connectivity index (χ1n) is 29.2. The lowest BCUT2D eigenvalue weighted by Crippen LogP contribution is -2.59. The molecule has 4 aliphatic rings. The molecule has 4 N–H and O–H groups in total. The van der Waals surface area contributed by atoms with Crippen LogP contribution in [0.3, 0.4) is 0 Å². The molecule has 22 nitrogen and oxygen atoms in total. The SMILES string of the molecule is C.CO/N=C1\C[C@@H](C)O[C@@H](O[C@@H]2[C@@H](C)[C@H](O[C@H]3CC(C)N(CC(C)(C)NS(=O)(=O)c4ccccc4)C[C@H](C)O3)[C@@H](C)C(=O)O[C@H]([C@@H](C)CO[C@@H]3O[C@H](C)[C@@H](O)[C@@H](OC)[C@H]3OC)[C@H](C)[C@@H](OC(=O)CC(C)C)[C@@H](C)C(=O)[C@@](C)(O)C[C@@H]2C)[C@@H]1O. The molecular formula is C60H103N3O19S. The highest BCUT2D eigenvalue weighted by atomic mass is 32.2. The maximum absolute atomic E-state index is 15.5. The molecule has 23 heteroatoms. The molecular weight excluding hydrogens is 1100 g/mol. The summed E-state index contributed by atoms with van der Waals surface area (Å²) in [5.41, 5.74) is -2.74. The van der Waals surface area contributed by atoms with Crippen LogP contribution in [0.2, 0.25) is 0 Å². The van der Waals surface area contributed by atoms with Crippen LogP contribution in [-0.4, -0.2) is 196 Å². The second kappa shape index (κ2) is 31.1. The predicted octanol–water partition coefficient (Wildman–Crippen LogP) is 6.04. The number of aliphatic hydroxyl groups is 3. The minimum absolute atomic E-state index is 0. The molecule has 83 heavy (non-hydrogen) atoms. The number of benzene rings is 1. The van der Waals surface area contributed by atoms with Crippen LogP contribution in [0.4, 0.5) is 0 Å². The van der Waals surface area contributed by atoms with Gasteiger partial charge in [-0.25, -0.2) is 13.1 Å². The monoisotopic (exact) mass is 1200 g/mol. The summed E-state index contributed by atoms with van der Waals surface area (Å²) < 4.78 is 93.8. The van der Waals surface area contributed by atoms with E-state index in [4.69, 9.17) is 52.2 Å². The molecule has 4 fully saturated rings. The summed E-state index contributed by atoms with van der Waals surface area (Å²) >= 11 is 0. The van der Waals surface area contributed by atoms with Crippen molar-refractivity contribution in [2.75, 3.05) is 41.0 Å². The van der Waals surface area contributed by atoms with Crippen molar-refractivity contribution in [3.63, 3.8) is 0 Å². The van der Waals surface area contributed by atoms with Crippen LogP contribution in [0.25, 0.3) is 0 Å². The van der Waals surface area contributed by atoms with Gasteiger partial charge < -0.3 is 67.5 Å². The van der Waals surface area contributed by atoms with E-state index < -0.39 is 160 Å². The summed E-state index contributed by atoms with van der Waals surface area (Å²) in [6.07, 6.45) is -13.3. The Labute approximate surface area is 494 Å². The van der Waals surface area contributed by atoms with E-state index in [0.717, 1.165) is 0 Å². The lowest BCUT2D eigenvalue weighted by atomic mass is 9.74. The van der Waals surface area contributed by atoms with Crippen molar-refractivity contribution in [3.8, 4) is 0 Å². The fourth-order valence-corrected chi connectivity index (χ4v) is 13.8. The Balaban J connectivity index is 0.0000148. The Kier molecular flexibility index (Phi) is 27.0. The smallest absolute Gasteiger partial charge is 0.311 e. The molecule has 1 aromatic rings. The van der Waals surface area contributed by atoms with Crippen LogP contribution < -0.4 is 4.72 Å². The van der Waals surface area contributed by atoms with Gasteiger partial charge in [-0.15, -0.1) is 0 Å². The number of nitrogens with one attached hydrogen (secondary N) is 1. The number of hydrogen-bond acceptors (Lipinski definition) is 21. The number of rotatable bonds is 19. The van der Waals surface area contributed by atoms with Gasteiger partial charge in [0.1, 0.15) is 49.3 Å². The third kappa shape index (κ3) is 18.9. The van der Waals surface area contributed by atoms with Crippen LogP contribution in [0, 0.1) is 41.4 Å². The normalized spacial score (nSPS) is 38.6. The molecule has 0 bridgehead atoms. The van der Waals surface area contributed by atoms with Crippen LogP contribution >= 0.6 is 0 Å². The number of carbonyl (C=O) groups excluding carboxylic acids is 3. The second-order valence-corrected chi connectivity index (χ2v) is 26.8. The summed E-state index contributed by atoms with van der Waals surface area (Å²) in [4.78, 5) is 51.7. The molecule has 4 saturated heterocycles. The van der Waals surface area contributed by atoms with Gasteiger partial charge in [-0.1, -0.05) is 79.2 Å². The van der Waals surface area contributed by atoms with Gasteiger partial charge in [0.2, 0.25) is 10.0 Å². The number of aliphatic hydroxyl groups excluding tert-OH is 2.